The lowest BCUT2D eigenvalue weighted by molar-refractivity contribution is 0.247. The molecule has 3 aromatic carbocycles. The Morgan fingerprint density at radius 2 is 1.72 bits per heavy atom. The Labute approximate surface area is 193 Å². The van der Waals surface area contributed by atoms with Crippen molar-refractivity contribution >= 4 is 45.0 Å². The first-order valence-electron chi connectivity index (χ1n) is 10.2. The van der Waals surface area contributed by atoms with Gasteiger partial charge in [0.2, 0.25) is 0 Å². The number of benzene rings is 3. The van der Waals surface area contributed by atoms with E-state index in [2.05, 4.69) is 4.98 Å². The number of fused-ring (bicyclic) bond motifs is 3. The molecular weight excluding hydrogens is 444 g/mol. The molecule has 5 nitrogen and oxygen atoms in total. The number of thiazole rings is 1. The van der Waals surface area contributed by atoms with Gasteiger partial charge in [-0.3, -0.25) is 4.79 Å². The summed E-state index contributed by atoms with van der Waals surface area (Å²) in [6.07, 6.45) is 2.63. The number of nitrogens with zero attached hydrogens (tertiary/aromatic N) is 2. The summed E-state index contributed by atoms with van der Waals surface area (Å²) in [6.45, 7) is 1.08. The molecule has 0 fully saturated rings. The van der Waals surface area contributed by atoms with Gasteiger partial charge in [-0.25, -0.2) is 9.38 Å². The van der Waals surface area contributed by atoms with Gasteiger partial charge in [0.15, 0.2) is 4.96 Å². The number of halogens is 1. The highest BCUT2D eigenvalue weighted by atomic mass is 35.5. The van der Waals surface area contributed by atoms with Crippen molar-refractivity contribution in [2.24, 2.45) is 0 Å². The van der Waals surface area contributed by atoms with Crippen molar-refractivity contribution in [3.05, 3.63) is 98.3 Å². The average molecular weight is 463 g/mol. The monoisotopic (exact) mass is 462 g/mol. The summed E-state index contributed by atoms with van der Waals surface area (Å²) in [6, 6.07) is 22.7. The van der Waals surface area contributed by atoms with Gasteiger partial charge in [0.25, 0.3) is 5.56 Å². The predicted molar refractivity (Wildman–Crippen MR) is 129 cm³/mol. The van der Waals surface area contributed by atoms with E-state index in [4.69, 9.17) is 21.1 Å². The average Bonchev–Trinajstić information content (AvgIpc) is 3.31. The van der Waals surface area contributed by atoms with Crippen molar-refractivity contribution in [3.63, 3.8) is 0 Å². The molecule has 0 aliphatic heterocycles. The summed E-state index contributed by atoms with van der Waals surface area (Å²) < 4.78 is 13.9. The molecule has 0 amide bonds. The molecule has 0 radical (unpaired) electrons. The van der Waals surface area contributed by atoms with Crippen LogP contribution in [-0.4, -0.2) is 22.6 Å². The van der Waals surface area contributed by atoms with Crippen molar-refractivity contribution in [1.29, 1.82) is 0 Å². The minimum Gasteiger partial charge on any atom is -0.493 e. The Kier molecular flexibility index (Phi) is 5.79. The van der Waals surface area contributed by atoms with Crippen molar-refractivity contribution in [1.82, 2.24) is 9.38 Å². The molecule has 0 bridgehead atoms. The number of hydrogen-bond donors (Lipinski definition) is 0. The second-order valence-electron chi connectivity index (χ2n) is 7.21. The van der Waals surface area contributed by atoms with E-state index >= 15 is 0 Å². The molecule has 160 valence electrons. The summed E-state index contributed by atoms with van der Waals surface area (Å²) in [5.41, 5.74) is 2.52. The molecule has 0 saturated heterocycles. The second kappa shape index (κ2) is 9.02. The van der Waals surface area contributed by atoms with Crippen LogP contribution in [0.4, 0.5) is 0 Å². The fourth-order valence-corrected chi connectivity index (χ4v) is 4.54. The van der Waals surface area contributed by atoms with Gasteiger partial charge in [-0.1, -0.05) is 47.2 Å². The van der Waals surface area contributed by atoms with Gasteiger partial charge in [-0.15, -0.1) is 0 Å². The molecule has 5 rings (SSSR count). The Balaban J connectivity index is 1.26. The summed E-state index contributed by atoms with van der Waals surface area (Å²) in [4.78, 5) is 18.2. The van der Waals surface area contributed by atoms with Gasteiger partial charge >= 0.3 is 0 Å². The zero-order valence-electron chi connectivity index (χ0n) is 17.0. The van der Waals surface area contributed by atoms with Crippen LogP contribution in [0, 0.1) is 0 Å². The van der Waals surface area contributed by atoms with Gasteiger partial charge in [0.1, 0.15) is 11.5 Å². The van der Waals surface area contributed by atoms with Crippen molar-refractivity contribution in [2.45, 2.75) is 6.42 Å². The maximum absolute atomic E-state index is 12.9. The molecular formula is C25H19ClN2O3S. The molecule has 0 aliphatic carbocycles. The zero-order chi connectivity index (χ0) is 21.9. The topological polar surface area (TPSA) is 52.8 Å². The van der Waals surface area contributed by atoms with E-state index in [1.807, 2.05) is 66.7 Å². The lowest BCUT2D eigenvalue weighted by Crippen LogP contribution is -2.22. The Morgan fingerprint density at radius 3 is 2.56 bits per heavy atom. The molecule has 0 spiro atoms. The summed E-state index contributed by atoms with van der Waals surface area (Å²) in [5.74, 6) is 1.54. The Hall–Kier alpha value is -3.35. The van der Waals surface area contributed by atoms with Crippen molar-refractivity contribution < 1.29 is 9.47 Å². The normalized spacial score (nSPS) is 12.0. The van der Waals surface area contributed by atoms with Crippen LogP contribution in [0.15, 0.2) is 77.6 Å². The maximum Gasteiger partial charge on any atom is 0.274 e. The third-order valence-electron chi connectivity index (χ3n) is 4.94. The van der Waals surface area contributed by atoms with E-state index in [1.165, 1.54) is 11.3 Å². The molecule has 0 N–H and O–H groups in total. The first-order chi connectivity index (χ1) is 15.7. The molecule has 2 heterocycles. The third kappa shape index (κ3) is 4.33. The van der Waals surface area contributed by atoms with Crippen LogP contribution in [0.1, 0.15) is 12.0 Å². The molecule has 7 heteroatoms. The van der Waals surface area contributed by atoms with Crippen LogP contribution >= 0.6 is 22.9 Å². The molecule has 0 aliphatic rings. The Morgan fingerprint density at radius 1 is 0.938 bits per heavy atom. The first kappa shape index (κ1) is 20.5. The van der Waals surface area contributed by atoms with Crippen LogP contribution in [0.5, 0.6) is 11.5 Å². The van der Waals surface area contributed by atoms with Gasteiger partial charge in [-0.05, 0) is 60.2 Å². The number of ether oxygens (including phenoxy) is 2. The number of aromatic nitrogens is 2. The van der Waals surface area contributed by atoms with E-state index in [0.29, 0.717) is 27.7 Å². The van der Waals surface area contributed by atoms with E-state index in [-0.39, 0.29) is 5.56 Å². The maximum atomic E-state index is 12.9. The fourth-order valence-electron chi connectivity index (χ4n) is 3.43. The van der Waals surface area contributed by atoms with Crippen LogP contribution in [0.3, 0.4) is 0 Å². The molecule has 32 heavy (non-hydrogen) atoms. The van der Waals surface area contributed by atoms with E-state index in [9.17, 15) is 4.79 Å². The van der Waals surface area contributed by atoms with Gasteiger partial charge in [0, 0.05) is 11.4 Å². The third-order valence-corrected chi connectivity index (χ3v) is 6.16. The van der Waals surface area contributed by atoms with Crippen LogP contribution in [0.25, 0.3) is 22.1 Å². The van der Waals surface area contributed by atoms with Crippen LogP contribution < -0.4 is 19.6 Å². The molecule has 0 saturated carbocycles. The van der Waals surface area contributed by atoms with Gasteiger partial charge < -0.3 is 9.47 Å². The Bertz CT molecular complexity index is 1490. The van der Waals surface area contributed by atoms with Gasteiger partial charge in [-0.2, -0.15) is 0 Å². The first-order valence-corrected chi connectivity index (χ1v) is 11.4. The molecule has 2 aromatic heterocycles. The van der Waals surface area contributed by atoms with Crippen LogP contribution in [0.2, 0.25) is 5.02 Å². The lowest BCUT2D eigenvalue weighted by atomic mass is 10.2. The molecule has 0 atom stereocenters. The van der Waals surface area contributed by atoms with E-state index in [1.54, 1.807) is 16.5 Å². The summed E-state index contributed by atoms with van der Waals surface area (Å²) in [7, 11) is 0. The minimum absolute atomic E-state index is 0.0515. The summed E-state index contributed by atoms with van der Waals surface area (Å²) >= 11 is 7.27. The number of para-hydroxylation sites is 2. The standard InChI is InChI=1S/C25H19ClN2O3S/c26-18-9-11-19(12-10-18)30-13-4-14-31-20-6-3-5-17(15-20)16-23-24(29)28-22-8-2-1-7-21(22)27-25(28)32-23/h1-3,5-12,15-16H,4,13-14H2/b23-16+. The second-order valence-corrected chi connectivity index (χ2v) is 8.66. The number of imidazole rings is 1. The van der Waals surface area contributed by atoms with Crippen molar-refractivity contribution in [3.8, 4) is 11.5 Å². The van der Waals surface area contributed by atoms with Crippen LogP contribution in [-0.2, 0) is 0 Å². The lowest BCUT2D eigenvalue weighted by Gasteiger charge is -2.08. The number of hydrogen-bond acceptors (Lipinski definition) is 5. The highest BCUT2D eigenvalue weighted by molar-refractivity contribution is 7.15. The highest BCUT2D eigenvalue weighted by Gasteiger charge is 2.10. The minimum atomic E-state index is -0.0515. The highest BCUT2D eigenvalue weighted by Crippen LogP contribution is 2.18. The van der Waals surface area contributed by atoms with Crippen molar-refractivity contribution in [2.75, 3.05) is 13.2 Å². The van der Waals surface area contributed by atoms with E-state index < -0.39 is 0 Å². The molecule has 5 aromatic rings. The predicted octanol–water partition coefficient (Wildman–Crippen LogP) is 4.96. The quantitative estimate of drug-likeness (QED) is 0.321. The van der Waals surface area contributed by atoms with Gasteiger partial charge in [0.05, 0.1) is 28.8 Å². The fraction of sp³-hybridized carbons (Fsp3) is 0.120. The SMILES string of the molecule is O=c1/c(=C\c2cccc(OCCCOc3ccc(Cl)cc3)c2)sc2nc3ccccc3n12. The summed E-state index contributed by atoms with van der Waals surface area (Å²) in [5, 5.41) is 0.687. The molecule has 0 unspecified atom stereocenters. The number of rotatable bonds is 7. The smallest absolute Gasteiger partial charge is 0.274 e. The largest absolute Gasteiger partial charge is 0.493 e. The zero-order valence-corrected chi connectivity index (χ0v) is 18.6. The van der Waals surface area contributed by atoms with E-state index in [0.717, 1.165) is 34.5 Å².